The van der Waals surface area contributed by atoms with Gasteiger partial charge in [-0.1, -0.05) is 60.3 Å². The second kappa shape index (κ2) is 7.94. The lowest BCUT2D eigenvalue weighted by atomic mass is 9.80. The molecular weight excluding hydrogens is 298 g/mol. The lowest BCUT2D eigenvalue weighted by Gasteiger charge is -2.36. The Labute approximate surface area is 127 Å². The fraction of sp³-hybridized carbons (Fsp3) is 0.647. The van der Waals surface area contributed by atoms with Gasteiger partial charge >= 0.3 is 0 Å². The van der Waals surface area contributed by atoms with Gasteiger partial charge in [-0.25, -0.2) is 0 Å². The van der Waals surface area contributed by atoms with Crippen LogP contribution in [0.2, 0.25) is 0 Å². The Morgan fingerprint density at radius 2 is 1.58 bits per heavy atom. The molecule has 0 N–H and O–H groups in total. The van der Waals surface area contributed by atoms with Crippen LogP contribution in [-0.4, -0.2) is 18.9 Å². The van der Waals surface area contributed by atoms with E-state index in [0.717, 1.165) is 11.9 Å². The third kappa shape index (κ3) is 4.83. The van der Waals surface area contributed by atoms with Crippen molar-refractivity contribution in [2.75, 3.05) is 23.8 Å². The van der Waals surface area contributed by atoms with E-state index < -0.39 is 0 Å². The molecule has 0 radical (unpaired) electrons. The fourth-order valence-corrected chi connectivity index (χ4v) is 3.65. The average Bonchev–Trinajstić information content (AvgIpc) is 2.40. The monoisotopic (exact) mass is 325 g/mol. The van der Waals surface area contributed by atoms with Crippen molar-refractivity contribution in [2.24, 2.45) is 5.41 Å². The van der Waals surface area contributed by atoms with Gasteiger partial charge in [0.25, 0.3) is 0 Å². The van der Waals surface area contributed by atoms with Crippen molar-refractivity contribution >= 4 is 21.6 Å². The largest absolute Gasteiger partial charge is 0.374 e. The van der Waals surface area contributed by atoms with Crippen LogP contribution in [0.4, 0.5) is 5.69 Å². The molecule has 0 heterocycles. The van der Waals surface area contributed by atoms with Crippen molar-refractivity contribution in [3.8, 4) is 0 Å². The predicted molar refractivity (Wildman–Crippen MR) is 90.5 cm³/mol. The molecule has 0 spiro atoms. The van der Waals surface area contributed by atoms with Gasteiger partial charge in [0.2, 0.25) is 0 Å². The minimum atomic E-state index is 0.406. The van der Waals surface area contributed by atoms with Crippen LogP contribution in [0, 0.1) is 12.3 Å². The van der Waals surface area contributed by atoms with Crippen molar-refractivity contribution < 1.29 is 0 Å². The standard InChI is InChI=1S/C17H28BrN/c1-5-11-17(13-18,12-6-2)14-19(4)16-9-7-15(3)8-10-16/h7-10H,5-6,11-14H2,1-4H3. The van der Waals surface area contributed by atoms with Gasteiger partial charge in [-0.15, -0.1) is 0 Å². The van der Waals surface area contributed by atoms with Crippen LogP contribution in [0.5, 0.6) is 0 Å². The number of anilines is 1. The minimum absolute atomic E-state index is 0.406. The van der Waals surface area contributed by atoms with E-state index in [-0.39, 0.29) is 0 Å². The maximum absolute atomic E-state index is 3.76. The molecule has 19 heavy (non-hydrogen) atoms. The van der Waals surface area contributed by atoms with Crippen LogP contribution in [-0.2, 0) is 0 Å². The van der Waals surface area contributed by atoms with Gasteiger partial charge in [-0.2, -0.15) is 0 Å². The molecule has 2 heteroatoms. The summed E-state index contributed by atoms with van der Waals surface area (Å²) in [6.45, 7) is 7.85. The highest BCUT2D eigenvalue weighted by molar-refractivity contribution is 9.09. The number of nitrogens with zero attached hydrogens (tertiary/aromatic N) is 1. The lowest BCUT2D eigenvalue weighted by Crippen LogP contribution is -2.37. The third-order valence-corrected chi connectivity index (χ3v) is 5.08. The Bertz CT molecular complexity index is 352. The molecular formula is C17H28BrN. The number of alkyl halides is 1. The molecule has 0 amide bonds. The highest BCUT2D eigenvalue weighted by Crippen LogP contribution is 2.34. The zero-order chi connectivity index (χ0) is 14.3. The van der Waals surface area contributed by atoms with E-state index in [1.165, 1.54) is 36.9 Å². The predicted octanol–water partition coefficient (Wildman–Crippen LogP) is 5.41. The van der Waals surface area contributed by atoms with Gasteiger partial charge in [0, 0.05) is 24.6 Å². The van der Waals surface area contributed by atoms with Gasteiger partial charge in [0.05, 0.1) is 0 Å². The molecule has 108 valence electrons. The number of rotatable bonds is 8. The van der Waals surface area contributed by atoms with E-state index in [4.69, 9.17) is 0 Å². The van der Waals surface area contributed by atoms with Crippen LogP contribution in [0.25, 0.3) is 0 Å². The summed E-state index contributed by atoms with van der Waals surface area (Å²) in [5.41, 5.74) is 3.05. The lowest BCUT2D eigenvalue weighted by molar-refractivity contribution is 0.283. The SMILES string of the molecule is CCCC(CBr)(CCC)CN(C)c1ccc(C)cc1. The fourth-order valence-electron chi connectivity index (χ4n) is 2.91. The maximum atomic E-state index is 3.76. The first-order chi connectivity index (χ1) is 9.06. The summed E-state index contributed by atoms with van der Waals surface area (Å²) in [5.74, 6) is 0. The molecule has 0 saturated heterocycles. The second-order valence-corrected chi connectivity index (χ2v) is 6.39. The minimum Gasteiger partial charge on any atom is -0.374 e. The number of hydrogen-bond acceptors (Lipinski definition) is 1. The van der Waals surface area contributed by atoms with Crippen LogP contribution in [0.1, 0.15) is 45.1 Å². The zero-order valence-electron chi connectivity index (χ0n) is 12.9. The summed E-state index contributed by atoms with van der Waals surface area (Å²) in [6.07, 6.45) is 5.10. The first-order valence-corrected chi connectivity index (χ1v) is 8.53. The Kier molecular flexibility index (Phi) is 6.92. The molecule has 1 aromatic rings. The Morgan fingerprint density at radius 3 is 2.00 bits per heavy atom. The number of aryl methyl sites for hydroxylation is 1. The quantitative estimate of drug-likeness (QED) is 0.577. The molecule has 0 unspecified atom stereocenters. The summed E-state index contributed by atoms with van der Waals surface area (Å²) in [5, 5.41) is 1.10. The number of hydrogen-bond donors (Lipinski definition) is 0. The first-order valence-electron chi connectivity index (χ1n) is 7.40. The van der Waals surface area contributed by atoms with Gasteiger partial charge in [-0.3, -0.25) is 0 Å². The van der Waals surface area contributed by atoms with E-state index in [2.05, 4.69) is 72.9 Å². The molecule has 0 saturated carbocycles. The Morgan fingerprint density at radius 1 is 1.05 bits per heavy atom. The third-order valence-electron chi connectivity index (χ3n) is 3.89. The van der Waals surface area contributed by atoms with Crippen LogP contribution in [0.15, 0.2) is 24.3 Å². The normalized spacial score (nSPS) is 11.6. The topological polar surface area (TPSA) is 3.24 Å². The van der Waals surface area contributed by atoms with Crippen LogP contribution >= 0.6 is 15.9 Å². The molecule has 0 atom stereocenters. The molecule has 0 fully saturated rings. The average molecular weight is 326 g/mol. The summed E-state index contributed by atoms with van der Waals surface area (Å²) in [4.78, 5) is 2.41. The van der Waals surface area contributed by atoms with E-state index in [0.29, 0.717) is 5.41 Å². The molecule has 1 rings (SSSR count). The second-order valence-electron chi connectivity index (χ2n) is 5.83. The van der Waals surface area contributed by atoms with Gasteiger partial charge < -0.3 is 4.90 Å². The molecule has 1 nitrogen and oxygen atoms in total. The van der Waals surface area contributed by atoms with E-state index in [9.17, 15) is 0 Å². The molecule has 0 aliphatic rings. The molecule has 0 aliphatic heterocycles. The van der Waals surface area contributed by atoms with E-state index >= 15 is 0 Å². The highest BCUT2D eigenvalue weighted by atomic mass is 79.9. The Hall–Kier alpha value is -0.500. The summed E-state index contributed by atoms with van der Waals surface area (Å²) >= 11 is 3.76. The molecule has 0 aromatic heterocycles. The van der Waals surface area contributed by atoms with Crippen molar-refractivity contribution in [3.05, 3.63) is 29.8 Å². The molecule has 0 bridgehead atoms. The van der Waals surface area contributed by atoms with Gasteiger partial charge in [0.1, 0.15) is 0 Å². The number of benzene rings is 1. The summed E-state index contributed by atoms with van der Waals surface area (Å²) < 4.78 is 0. The van der Waals surface area contributed by atoms with Crippen molar-refractivity contribution in [3.63, 3.8) is 0 Å². The first kappa shape index (κ1) is 16.6. The van der Waals surface area contributed by atoms with E-state index in [1.807, 2.05) is 0 Å². The molecule has 0 aliphatic carbocycles. The summed E-state index contributed by atoms with van der Waals surface area (Å²) in [7, 11) is 2.22. The van der Waals surface area contributed by atoms with Crippen molar-refractivity contribution in [1.29, 1.82) is 0 Å². The van der Waals surface area contributed by atoms with E-state index in [1.54, 1.807) is 0 Å². The van der Waals surface area contributed by atoms with Crippen LogP contribution in [0.3, 0.4) is 0 Å². The summed E-state index contributed by atoms with van der Waals surface area (Å²) in [6, 6.07) is 8.85. The molecule has 1 aromatic carbocycles. The maximum Gasteiger partial charge on any atom is 0.0363 e. The highest BCUT2D eigenvalue weighted by Gasteiger charge is 2.28. The van der Waals surface area contributed by atoms with Crippen LogP contribution < -0.4 is 4.90 Å². The number of halogens is 1. The van der Waals surface area contributed by atoms with Crippen molar-refractivity contribution in [1.82, 2.24) is 0 Å². The van der Waals surface area contributed by atoms with Gasteiger partial charge in [0.15, 0.2) is 0 Å². The van der Waals surface area contributed by atoms with Crippen molar-refractivity contribution in [2.45, 2.75) is 46.5 Å². The Balaban J connectivity index is 2.79. The zero-order valence-corrected chi connectivity index (χ0v) is 14.5. The van der Waals surface area contributed by atoms with Gasteiger partial charge in [-0.05, 0) is 37.3 Å². The smallest absolute Gasteiger partial charge is 0.0363 e.